The van der Waals surface area contributed by atoms with E-state index in [2.05, 4.69) is 28.3 Å². The number of halogens is 1. The highest BCUT2D eigenvalue weighted by atomic mass is 35.5. The molecule has 0 amide bonds. The van der Waals surface area contributed by atoms with E-state index < -0.39 is 0 Å². The van der Waals surface area contributed by atoms with Gasteiger partial charge in [0.2, 0.25) is 0 Å². The van der Waals surface area contributed by atoms with Crippen molar-refractivity contribution in [3.63, 3.8) is 0 Å². The second kappa shape index (κ2) is 8.79. The maximum atomic E-state index is 5.70. The highest BCUT2D eigenvalue weighted by molar-refractivity contribution is 7.80. The molecule has 2 aliphatic heterocycles. The van der Waals surface area contributed by atoms with Crippen molar-refractivity contribution >= 4 is 40.6 Å². The van der Waals surface area contributed by atoms with Crippen molar-refractivity contribution < 1.29 is 9.47 Å². The predicted octanol–water partition coefficient (Wildman–Crippen LogP) is 3.86. The molecular formula is C22H25ClN4O2S. The molecule has 1 fully saturated rings. The topological polar surface area (TPSA) is 62.4 Å². The normalized spacial score (nSPS) is 21.1. The molecule has 0 aliphatic carbocycles. The molecule has 30 heavy (non-hydrogen) atoms. The lowest BCUT2D eigenvalue weighted by Crippen LogP contribution is -2.44. The van der Waals surface area contributed by atoms with Crippen molar-refractivity contribution in [2.75, 3.05) is 26.8 Å². The summed E-state index contributed by atoms with van der Waals surface area (Å²) in [5.74, 6) is 2.57. The number of ether oxygens (including phenoxy) is 2. The Bertz CT molecular complexity index is 1020. The van der Waals surface area contributed by atoms with Crippen molar-refractivity contribution in [1.82, 2.24) is 20.2 Å². The molecule has 2 atom stereocenters. The average Bonchev–Trinajstić information content (AvgIpc) is 3.18. The number of piperidine rings is 1. The number of rotatable bonds is 3. The molecule has 0 radical (unpaired) electrons. The number of para-hydroxylation sites is 2. The first-order valence-electron chi connectivity index (χ1n) is 10.0. The zero-order valence-electron chi connectivity index (χ0n) is 16.8. The Balaban J connectivity index is 0.00000218. The number of aromatic nitrogens is 2. The molecular weight excluding hydrogens is 420 g/mol. The van der Waals surface area contributed by atoms with Gasteiger partial charge in [0, 0.05) is 18.2 Å². The number of H-pyrrole nitrogens is 1. The minimum absolute atomic E-state index is 0. The number of imidazole rings is 1. The quantitative estimate of drug-likeness (QED) is 0.598. The van der Waals surface area contributed by atoms with Gasteiger partial charge in [-0.15, -0.1) is 12.4 Å². The largest absolute Gasteiger partial charge is 0.486 e. The SMILES string of the molecule is CN1CC[C@@H](NC(=S)c2ccc3c(c2)OCCO3)C[C@@H]1c1nc2ccccc2[nH]1.Cl. The summed E-state index contributed by atoms with van der Waals surface area (Å²) in [4.78, 5) is 11.4. The van der Waals surface area contributed by atoms with Gasteiger partial charge in [-0.2, -0.15) is 0 Å². The summed E-state index contributed by atoms with van der Waals surface area (Å²) < 4.78 is 11.3. The van der Waals surface area contributed by atoms with Crippen LogP contribution in [0.4, 0.5) is 0 Å². The van der Waals surface area contributed by atoms with E-state index in [9.17, 15) is 0 Å². The number of thiocarbonyl (C=S) groups is 1. The van der Waals surface area contributed by atoms with Crippen LogP contribution in [-0.2, 0) is 0 Å². The third-order valence-corrected chi connectivity index (χ3v) is 6.09. The number of hydrogen-bond acceptors (Lipinski definition) is 5. The van der Waals surface area contributed by atoms with E-state index in [0.717, 1.165) is 58.3 Å². The Labute approximate surface area is 187 Å². The maximum absolute atomic E-state index is 5.70. The van der Waals surface area contributed by atoms with Crippen LogP contribution in [0, 0.1) is 0 Å². The predicted molar refractivity (Wildman–Crippen MR) is 124 cm³/mol. The molecule has 3 heterocycles. The molecule has 0 spiro atoms. The van der Waals surface area contributed by atoms with E-state index in [1.54, 1.807) is 0 Å². The number of hydrogen-bond donors (Lipinski definition) is 2. The van der Waals surface area contributed by atoms with Crippen LogP contribution in [0.5, 0.6) is 11.5 Å². The van der Waals surface area contributed by atoms with Crippen molar-refractivity contribution in [3.8, 4) is 11.5 Å². The van der Waals surface area contributed by atoms with Crippen LogP contribution in [0.3, 0.4) is 0 Å². The number of likely N-dealkylation sites (tertiary alicyclic amines) is 1. The van der Waals surface area contributed by atoms with Gasteiger partial charge in [0.25, 0.3) is 0 Å². The lowest BCUT2D eigenvalue weighted by atomic mass is 9.97. The van der Waals surface area contributed by atoms with Crippen molar-refractivity contribution in [2.45, 2.75) is 24.9 Å². The fourth-order valence-electron chi connectivity index (χ4n) is 4.12. The summed E-state index contributed by atoms with van der Waals surface area (Å²) in [7, 11) is 2.16. The second-order valence-corrected chi connectivity index (χ2v) is 8.10. The summed E-state index contributed by atoms with van der Waals surface area (Å²) in [5.41, 5.74) is 3.05. The molecule has 0 bridgehead atoms. The summed E-state index contributed by atoms with van der Waals surface area (Å²) in [6.07, 6.45) is 1.99. The Kier molecular flexibility index (Phi) is 6.13. The summed E-state index contributed by atoms with van der Waals surface area (Å²) >= 11 is 5.70. The number of nitrogens with one attached hydrogen (secondary N) is 2. The van der Waals surface area contributed by atoms with Crippen LogP contribution in [0.15, 0.2) is 42.5 Å². The van der Waals surface area contributed by atoms with Gasteiger partial charge in [-0.3, -0.25) is 4.90 Å². The van der Waals surface area contributed by atoms with Crippen molar-refractivity contribution in [1.29, 1.82) is 0 Å². The van der Waals surface area contributed by atoms with Gasteiger partial charge in [0.15, 0.2) is 11.5 Å². The lowest BCUT2D eigenvalue weighted by molar-refractivity contribution is 0.159. The van der Waals surface area contributed by atoms with E-state index in [1.165, 1.54) is 0 Å². The van der Waals surface area contributed by atoms with Crippen LogP contribution in [0.1, 0.15) is 30.3 Å². The molecule has 8 heteroatoms. The van der Waals surface area contributed by atoms with Crippen LogP contribution >= 0.6 is 24.6 Å². The third-order valence-electron chi connectivity index (χ3n) is 5.73. The number of benzene rings is 2. The lowest BCUT2D eigenvalue weighted by Gasteiger charge is -2.36. The van der Waals surface area contributed by atoms with Gasteiger partial charge in [-0.25, -0.2) is 4.98 Å². The number of fused-ring (bicyclic) bond motifs is 2. The second-order valence-electron chi connectivity index (χ2n) is 7.69. The van der Waals surface area contributed by atoms with Crippen LogP contribution in [-0.4, -0.2) is 52.7 Å². The first-order chi connectivity index (χ1) is 14.2. The van der Waals surface area contributed by atoms with Crippen molar-refractivity contribution in [2.24, 2.45) is 0 Å². The molecule has 158 valence electrons. The van der Waals surface area contributed by atoms with Gasteiger partial charge < -0.3 is 19.8 Å². The van der Waals surface area contributed by atoms with Gasteiger partial charge in [0.05, 0.1) is 17.1 Å². The van der Waals surface area contributed by atoms with Gasteiger partial charge in [-0.1, -0.05) is 24.4 Å². The smallest absolute Gasteiger partial charge is 0.162 e. The average molecular weight is 445 g/mol. The molecule has 2 N–H and O–H groups in total. The molecule has 1 saturated heterocycles. The molecule has 3 aromatic rings. The zero-order valence-corrected chi connectivity index (χ0v) is 18.4. The number of nitrogens with zero attached hydrogens (tertiary/aromatic N) is 2. The summed E-state index contributed by atoms with van der Waals surface area (Å²) in [5, 5.41) is 3.56. The monoisotopic (exact) mass is 444 g/mol. The van der Waals surface area contributed by atoms with E-state index in [1.807, 2.05) is 36.4 Å². The fraction of sp³-hybridized carbons (Fsp3) is 0.364. The Morgan fingerprint density at radius 1 is 1.17 bits per heavy atom. The van der Waals surface area contributed by atoms with Crippen LogP contribution in [0.25, 0.3) is 11.0 Å². The Hall–Kier alpha value is -2.35. The van der Waals surface area contributed by atoms with E-state index in [4.69, 9.17) is 26.7 Å². The highest BCUT2D eigenvalue weighted by Gasteiger charge is 2.30. The molecule has 1 aromatic heterocycles. The van der Waals surface area contributed by atoms with E-state index >= 15 is 0 Å². The molecule has 6 nitrogen and oxygen atoms in total. The minimum Gasteiger partial charge on any atom is -0.486 e. The number of aromatic amines is 1. The minimum atomic E-state index is 0. The van der Waals surface area contributed by atoms with Gasteiger partial charge >= 0.3 is 0 Å². The fourth-order valence-corrected chi connectivity index (χ4v) is 4.41. The zero-order chi connectivity index (χ0) is 19.8. The van der Waals surface area contributed by atoms with Crippen LogP contribution < -0.4 is 14.8 Å². The van der Waals surface area contributed by atoms with E-state index in [0.29, 0.717) is 19.3 Å². The Morgan fingerprint density at radius 2 is 1.97 bits per heavy atom. The summed E-state index contributed by atoms with van der Waals surface area (Å²) in [6, 6.07) is 14.6. The molecule has 0 unspecified atom stereocenters. The molecule has 2 aliphatic rings. The standard InChI is InChI=1S/C22H24N4O2S.ClH/c1-26-9-8-15(13-18(26)21-24-16-4-2-3-5-17(16)25-21)23-22(29)14-6-7-19-20(12-14)28-11-10-27-19;/h2-7,12,15,18H,8-11,13H2,1H3,(H,23,29)(H,24,25);1H/t15-,18-;/m1./s1. The third kappa shape index (κ3) is 4.10. The van der Waals surface area contributed by atoms with Gasteiger partial charge in [-0.05, 0) is 50.2 Å². The molecule has 5 rings (SSSR count). The highest BCUT2D eigenvalue weighted by Crippen LogP contribution is 2.32. The first kappa shape index (κ1) is 20.9. The molecule has 2 aromatic carbocycles. The van der Waals surface area contributed by atoms with Crippen molar-refractivity contribution in [3.05, 3.63) is 53.9 Å². The maximum Gasteiger partial charge on any atom is 0.162 e. The van der Waals surface area contributed by atoms with Gasteiger partial charge in [0.1, 0.15) is 24.0 Å². The van der Waals surface area contributed by atoms with Crippen LogP contribution in [0.2, 0.25) is 0 Å². The summed E-state index contributed by atoms with van der Waals surface area (Å²) in [6.45, 7) is 2.15. The Morgan fingerprint density at radius 3 is 2.80 bits per heavy atom. The molecule has 0 saturated carbocycles. The van der Waals surface area contributed by atoms with E-state index in [-0.39, 0.29) is 18.4 Å². The first-order valence-corrected chi connectivity index (χ1v) is 10.4.